The van der Waals surface area contributed by atoms with Crippen LogP contribution in [0.3, 0.4) is 0 Å². The van der Waals surface area contributed by atoms with Crippen molar-refractivity contribution in [3.63, 3.8) is 0 Å². The molecule has 2 aromatic rings. The molecule has 7 nitrogen and oxygen atoms in total. The Kier molecular flexibility index (Phi) is 4.89. The maximum Gasteiger partial charge on any atom is 0.253 e. The molecule has 2 N–H and O–H groups in total. The van der Waals surface area contributed by atoms with E-state index in [4.69, 9.17) is 16.9 Å². The number of terminal acetylenes is 1. The number of carbonyl (C=O) groups is 1. The van der Waals surface area contributed by atoms with E-state index in [2.05, 4.69) is 16.0 Å². The van der Waals surface area contributed by atoms with Crippen molar-refractivity contribution in [1.29, 1.82) is 0 Å². The van der Waals surface area contributed by atoms with Gasteiger partial charge in [0.1, 0.15) is 12.4 Å². The molecule has 1 aromatic heterocycles. The molecule has 1 fully saturated rings. The third-order valence-corrected chi connectivity index (χ3v) is 4.38. The molecule has 0 bridgehead atoms. The molecule has 1 aromatic carbocycles. The number of aromatic nitrogens is 3. The van der Waals surface area contributed by atoms with Crippen LogP contribution in [0.4, 0.5) is 5.95 Å². The summed E-state index contributed by atoms with van der Waals surface area (Å²) in [6, 6.07) is 7.05. The fourth-order valence-electron chi connectivity index (χ4n) is 2.93. The molecule has 25 heavy (non-hydrogen) atoms. The first-order chi connectivity index (χ1) is 12.1. The van der Waals surface area contributed by atoms with Crippen LogP contribution in [-0.4, -0.2) is 45.3 Å². The first-order valence-corrected chi connectivity index (χ1v) is 8.20. The average Bonchev–Trinajstić information content (AvgIpc) is 2.99. The Bertz CT molecular complexity index is 763. The smallest absolute Gasteiger partial charge is 0.253 e. The highest BCUT2D eigenvalue weighted by molar-refractivity contribution is 5.94. The zero-order valence-corrected chi connectivity index (χ0v) is 14.2. The van der Waals surface area contributed by atoms with Crippen LogP contribution in [0.5, 0.6) is 5.75 Å². The van der Waals surface area contributed by atoms with Gasteiger partial charge in [-0.3, -0.25) is 4.79 Å². The van der Waals surface area contributed by atoms with Gasteiger partial charge in [0.05, 0.1) is 0 Å². The van der Waals surface area contributed by atoms with Crippen LogP contribution in [-0.2, 0) is 7.05 Å². The van der Waals surface area contributed by atoms with Crippen molar-refractivity contribution in [2.24, 2.45) is 7.05 Å². The molecule has 0 radical (unpaired) electrons. The van der Waals surface area contributed by atoms with Crippen molar-refractivity contribution >= 4 is 11.9 Å². The molecule has 0 saturated carbocycles. The van der Waals surface area contributed by atoms with Crippen LogP contribution in [0.1, 0.15) is 34.9 Å². The zero-order chi connectivity index (χ0) is 17.8. The van der Waals surface area contributed by atoms with Gasteiger partial charge in [0.25, 0.3) is 5.91 Å². The van der Waals surface area contributed by atoms with Gasteiger partial charge in [-0.05, 0) is 37.1 Å². The van der Waals surface area contributed by atoms with Crippen molar-refractivity contribution in [3.8, 4) is 18.1 Å². The monoisotopic (exact) mass is 339 g/mol. The number of aryl methyl sites for hydroxylation is 1. The molecule has 1 aliphatic rings. The number of ether oxygens (including phenoxy) is 1. The minimum absolute atomic E-state index is 0.0236. The molecule has 0 aliphatic carbocycles. The molecule has 0 unspecified atom stereocenters. The van der Waals surface area contributed by atoms with E-state index in [0.717, 1.165) is 18.7 Å². The van der Waals surface area contributed by atoms with Crippen LogP contribution >= 0.6 is 0 Å². The summed E-state index contributed by atoms with van der Waals surface area (Å²) in [4.78, 5) is 18.8. The van der Waals surface area contributed by atoms with Gasteiger partial charge in [-0.25, -0.2) is 4.68 Å². The first-order valence-electron chi connectivity index (χ1n) is 8.20. The number of anilines is 1. The average molecular weight is 339 g/mol. The number of rotatable bonds is 4. The van der Waals surface area contributed by atoms with E-state index in [1.807, 2.05) is 4.90 Å². The standard InChI is InChI=1S/C18H21N5O2/c1-3-12-25-15-6-4-14(5-7-15)17(24)23-10-8-13(9-11-23)16-20-18(19)22(2)21-16/h1,4-7,13H,8-12H2,2H3,(H2,19,20,21). The lowest BCUT2D eigenvalue weighted by atomic mass is 9.95. The number of nitrogens with two attached hydrogens (primary N) is 1. The topological polar surface area (TPSA) is 86.3 Å². The van der Waals surface area contributed by atoms with E-state index in [1.165, 1.54) is 0 Å². The molecule has 1 aliphatic heterocycles. The number of nitrogen functional groups attached to an aromatic ring is 1. The summed E-state index contributed by atoms with van der Waals surface area (Å²) in [6.45, 7) is 1.57. The Morgan fingerprint density at radius 1 is 1.36 bits per heavy atom. The number of likely N-dealkylation sites (tertiary alicyclic amines) is 1. The predicted molar refractivity (Wildman–Crippen MR) is 94.1 cm³/mol. The van der Waals surface area contributed by atoms with Gasteiger partial charge in [-0.15, -0.1) is 6.42 Å². The summed E-state index contributed by atoms with van der Waals surface area (Å²) in [5, 5.41) is 4.35. The van der Waals surface area contributed by atoms with Gasteiger partial charge >= 0.3 is 0 Å². The second-order valence-electron chi connectivity index (χ2n) is 6.04. The summed E-state index contributed by atoms with van der Waals surface area (Å²) in [6.07, 6.45) is 6.83. The third kappa shape index (κ3) is 3.74. The van der Waals surface area contributed by atoms with Crippen molar-refractivity contribution in [1.82, 2.24) is 19.7 Å². The molecule has 7 heteroatoms. The Balaban J connectivity index is 1.58. The second kappa shape index (κ2) is 7.26. The van der Waals surface area contributed by atoms with Crippen molar-refractivity contribution in [3.05, 3.63) is 35.7 Å². The van der Waals surface area contributed by atoms with Gasteiger partial charge in [-0.1, -0.05) is 5.92 Å². The largest absolute Gasteiger partial charge is 0.481 e. The van der Waals surface area contributed by atoms with E-state index < -0.39 is 0 Å². The first kappa shape index (κ1) is 16.8. The summed E-state index contributed by atoms with van der Waals surface area (Å²) in [5.41, 5.74) is 6.39. The quantitative estimate of drug-likeness (QED) is 0.852. The Morgan fingerprint density at radius 3 is 2.60 bits per heavy atom. The SMILES string of the molecule is C#CCOc1ccc(C(=O)N2CCC(c3nc(N)n(C)n3)CC2)cc1. The van der Waals surface area contributed by atoms with Crippen molar-refractivity contribution < 1.29 is 9.53 Å². The molecule has 0 spiro atoms. The normalized spacial score (nSPS) is 15.0. The third-order valence-electron chi connectivity index (χ3n) is 4.38. The Hall–Kier alpha value is -3.01. The zero-order valence-electron chi connectivity index (χ0n) is 14.2. The van der Waals surface area contributed by atoms with E-state index >= 15 is 0 Å². The van der Waals surface area contributed by atoms with Gasteiger partial charge in [0, 0.05) is 31.6 Å². The number of hydrogen-bond donors (Lipinski definition) is 1. The highest BCUT2D eigenvalue weighted by Crippen LogP contribution is 2.27. The molecule has 1 saturated heterocycles. The maximum atomic E-state index is 12.6. The molecular weight excluding hydrogens is 318 g/mol. The van der Waals surface area contributed by atoms with Crippen LogP contribution < -0.4 is 10.5 Å². The minimum atomic E-state index is 0.0236. The minimum Gasteiger partial charge on any atom is -0.481 e. The lowest BCUT2D eigenvalue weighted by molar-refractivity contribution is 0.0711. The lowest BCUT2D eigenvalue weighted by Crippen LogP contribution is -2.38. The Morgan fingerprint density at radius 2 is 2.04 bits per heavy atom. The van der Waals surface area contributed by atoms with Crippen molar-refractivity contribution in [2.75, 3.05) is 25.4 Å². The summed E-state index contributed by atoms with van der Waals surface area (Å²) >= 11 is 0. The van der Waals surface area contributed by atoms with Gasteiger partial charge < -0.3 is 15.4 Å². The number of nitrogens with zero attached hydrogens (tertiary/aromatic N) is 4. The molecule has 130 valence electrons. The number of carbonyl (C=O) groups excluding carboxylic acids is 1. The number of benzene rings is 1. The highest BCUT2D eigenvalue weighted by atomic mass is 16.5. The molecule has 0 atom stereocenters. The van der Waals surface area contributed by atoms with E-state index in [0.29, 0.717) is 30.4 Å². The highest BCUT2D eigenvalue weighted by Gasteiger charge is 2.27. The summed E-state index contributed by atoms with van der Waals surface area (Å²) < 4.78 is 6.90. The molecule has 2 heterocycles. The van der Waals surface area contributed by atoms with Crippen LogP contribution in [0, 0.1) is 12.3 Å². The van der Waals surface area contributed by atoms with Gasteiger partial charge in [0.15, 0.2) is 5.82 Å². The fraction of sp³-hybridized carbons (Fsp3) is 0.389. The van der Waals surface area contributed by atoms with Crippen LogP contribution in [0.25, 0.3) is 0 Å². The van der Waals surface area contributed by atoms with E-state index in [-0.39, 0.29) is 18.4 Å². The number of piperidine rings is 1. The van der Waals surface area contributed by atoms with E-state index in [1.54, 1.807) is 36.0 Å². The van der Waals surface area contributed by atoms with E-state index in [9.17, 15) is 4.79 Å². The number of hydrogen-bond acceptors (Lipinski definition) is 5. The lowest BCUT2D eigenvalue weighted by Gasteiger charge is -2.30. The summed E-state index contributed by atoms with van der Waals surface area (Å²) in [5.74, 6) is 4.52. The van der Waals surface area contributed by atoms with Gasteiger partial charge in [-0.2, -0.15) is 10.1 Å². The molecular formula is C18H21N5O2. The number of amides is 1. The predicted octanol–water partition coefficient (Wildman–Crippen LogP) is 1.43. The summed E-state index contributed by atoms with van der Waals surface area (Å²) in [7, 11) is 1.78. The Labute approximate surface area is 146 Å². The molecule has 1 amide bonds. The van der Waals surface area contributed by atoms with Crippen molar-refractivity contribution in [2.45, 2.75) is 18.8 Å². The fourth-order valence-corrected chi connectivity index (χ4v) is 2.93. The van der Waals surface area contributed by atoms with Crippen LogP contribution in [0.15, 0.2) is 24.3 Å². The van der Waals surface area contributed by atoms with Crippen LogP contribution in [0.2, 0.25) is 0 Å². The van der Waals surface area contributed by atoms with Gasteiger partial charge in [0.2, 0.25) is 5.95 Å². The second-order valence-corrected chi connectivity index (χ2v) is 6.04. The molecule has 3 rings (SSSR count). The maximum absolute atomic E-state index is 12.6.